The van der Waals surface area contributed by atoms with Gasteiger partial charge in [0.05, 0.1) is 11.0 Å². The summed E-state index contributed by atoms with van der Waals surface area (Å²) >= 11 is 1.75. The van der Waals surface area contributed by atoms with Crippen molar-refractivity contribution in [2.75, 3.05) is 0 Å². The second kappa shape index (κ2) is 11.8. The van der Waals surface area contributed by atoms with E-state index in [-0.39, 0.29) is 0 Å². The van der Waals surface area contributed by atoms with Crippen molar-refractivity contribution in [2.24, 2.45) is 0 Å². The zero-order valence-corrected chi connectivity index (χ0v) is 29.0. The fourth-order valence-electron chi connectivity index (χ4n) is 7.51. The first kappa shape index (κ1) is 29.7. The van der Waals surface area contributed by atoms with Gasteiger partial charge in [0.25, 0.3) is 0 Å². The third-order valence-corrected chi connectivity index (χ3v) is 11.1. The number of hydrogen-bond acceptors (Lipinski definition) is 6. The van der Waals surface area contributed by atoms with Crippen molar-refractivity contribution in [2.45, 2.75) is 0 Å². The summed E-state index contributed by atoms with van der Waals surface area (Å²) in [4.78, 5) is 20.7. The maximum absolute atomic E-state index is 6.34. The average Bonchev–Trinajstić information content (AvgIpc) is 3.93. The monoisotopic (exact) mass is 697 g/mol. The molecule has 0 fully saturated rings. The van der Waals surface area contributed by atoms with Crippen LogP contribution in [0, 0.1) is 0 Å². The van der Waals surface area contributed by atoms with E-state index in [4.69, 9.17) is 24.4 Å². The molecule has 0 saturated carbocycles. The van der Waals surface area contributed by atoms with Gasteiger partial charge in [-0.1, -0.05) is 121 Å². The molecular formula is C46H27N5OS. The third-order valence-electron chi connectivity index (χ3n) is 9.94. The average molecular weight is 698 g/mol. The summed E-state index contributed by atoms with van der Waals surface area (Å²) in [5.74, 6) is 2.34. The molecule has 0 aliphatic rings. The summed E-state index contributed by atoms with van der Waals surface area (Å²) in [5, 5.41) is 4.43. The number of benzene rings is 7. The number of para-hydroxylation sites is 4. The van der Waals surface area contributed by atoms with Gasteiger partial charge in [-0.15, -0.1) is 11.3 Å². The van der Waals surface area contributed by atoms with Crippen molar-refractivity contribution in [1.29, 1.82) is 0 Å². The van der Waals surface area contributed by atoms with Crippen molar-refractivity contribution in [3.8, 4) is 51.3 Å². The number of oxazole rings is 1. The van der Waals surface area contributed by atoms with Crippen molar-refractivity contribution < 1.29 is 4.42 Å². The summed E-state index contributed by atoms with van der Waals surface area (Å²) < 4.78 is 10.8. The van der Waals surface area contributed by atoms with Gasteiger partial charge in [-0.2, -0.15) is 9.97 Å². The molecule has 11 aromatic rings. The second-order valence-electron chi connectivity index (χ2n) is 13.0. The lowest BCUT2D eigenvalue weighted by Gasteiger charge is -2.12. The highest BCUT2D eigenvalue weighted by Crippen LogP contribution is 2.44. The Bertz CT molecular complexity index is 3090. The maximum Gasteiger partial charge on any atom is 0.238 e. The number of nitrogens with zero attached hydrogens (tertiary/aromatic N) is 5. The quantitative estimate of drug-likeness (QED) is 0.179. The van der Waals surface area contributed by atoms with Crippen molar-refractivity contribution in [3.63, 3.8) is 0 Å². The third kappa shape index (κ3) is 4.79. The molecule has 0 atom stereocenters. The van der Waals surface area contributed by atoms with Crippen LogP contribution in [-0.2, 0) is 0 Å². The summed E-state index contributed by atoms with van der Waals surface area (Å²) in [7, 11) is 0. The molecule has 0 spiro atoms. The topological polar surface area (TPSA) is 69.6 Å². The normalized spacial score (nSPS) is 11.8. The van der Waals surface area contributed by atoms with Crippen LogP contribution in [0.15, 0.2) is 168 Å². The maximum atomic E-state index is 6.34. The number of thiophene rings is 1. The van der Waals surface area contributed by atoms with Crippen LogP contribution in [0.25, 0.3) is 104 Å². The van der Waals surface area contributed by atoms with E-state index >= 15 is 0 Å². The van der Waals surface area contributed by atoms with E-state index in [9.17, 15) is 0 Å². The Hall–Kier alpha value is -6.96. The van der Waals surface area contributed by atoms with Crippen LogP contribution in [0.2, 0.25) is 0 Å². The van der Waals surface area contributed by atoms with E-state index in [0.29, 0.717) is 23.5 Å². The first-order valence-electron chi connectivity index (χ1n) is 17.5. The Morgan fingerprint density at radius 2 is 1.02 bits per heavy atom. The number of aromatic nitrogens is 5. The van der Waals surface area contributed by atoms with Gasteiger partial charge in [0.1, 0.15) is 5.52 Å². The van der Waals surface area contributed by atoms with Gasteiger partial charge < -0.3 is 4.42 Å². The SMILES string of the molecule is c1ccc(-c2ccc(-c3nc(-c4cccc5sc6cccc(-c7nc8ccccc8o7)c6c45)nc(-n4c5ccccc5c5ccccc54)n3)cc2)cc1. The Labute approximate surface area is 307 Å². The molecule has 0 amide bonds. The second-order valence-corrected chi connectivity index (χ2v) is 14.1. The molecule has 0 aliphatic carbocycles. The number of fused-ring (bicyclic) bond motifs is 7. The van der Waals surface area contributed by atoms with Gasteiger partial charge in [0.2, 0.25) is 11.8 Å². The molecule has 11 rings (SSSR count). The molecule has 6 nitrogen and oxygen atoms in total. The predicted molar refractivity (Wildman–Crippen MR) is 216 cm³/mol. The largest absolute Gasteiger partial charge is 0.436 e. The summed E-state index contributed by atoms with van der Waals surface area (Å²) in [6.07, 6.45) is 0. The van der Waals surface area contributed by atoms with Crippen LogP contribution in [0.1, 0.15) is 0 Å². The summed E-state index contributed by atoms with van der Waals surface area (Å²) in [5.41, 5.74) is 8.72. The van der Waals surface area contributed by atoms with E-state index in [1.807, 2.05) is 30.3 Å². The minimum atomic E-state index is 0.560. The van der Waals surface area contributed by atoms with Gasteiger partial charge >= 0.3 is 0 Å². The Balaban J connectivity index is 1.18. The molecule has 0 aliphatic heterocycles. The van der Waals surface area contributed by atoms with E-state index in [1.165, 1.54) is 0 Å². The molecule has 0 radical (unpaired) electrons. The number of hydrogen-bond donors (Lipinski definition) is 0. The van der Waals surface area contributed by atoms with Gasteiger partial charge in [-0.25, -0.2) is 9.97 Å². The molecule has 248 valence electrons. The van der Waals surface area contributed by atoms with Crippen LogP contribution in [0.4, 0.5) is 0 Å². The smallest absolute Gasteiger partial charge is 0.238 e. The highest BCUT2D eigenvalue weighted by atomic mass is 32.1. The van der Waals surface area contributed by atoms with Crippen molar-refractivity contribution in [1.82, 2.24) is 24.5 Å². The molecule has 0 unspecified atom stereocenters. The highest BCUT2D eigenvalue weighted by molar-refractivity contribution is 7.26. The molecule has 0 saturated heterocycles. The van der Waals surface area contributed by atoms with Crippen LogP contribution in [0.3, 0.4) is 0 Å². The van der Waals surface area contributed by atoms with Gasteiger partial charge in [0.15, 0.2) is 17.2 Å². The van der Waals surface area contributed by atoms with Gasteiger partial charge in [0, 0.05) is 47.6 Å². The predicted octanol–water partition coefficient (Wildman–Crippen LogP) is 12.1. The van der Waals surface area contributed by atoms with Crippen molar-refractivity contribution >= 4 is 64.4 Å². The molecule has 0 bridgehead atoms. The molecule has 7 heteroatoms. The zero-order chi connectivity index (χ0) is 34.9. The molecule has 4 heterocycles. The fraction of sp³-hybridized carbons (Fsp3) is 0. The van der Waals surface area contributed by atoms with E-state index in [1.54, 1.807) is 11.3 Å². The Kier molecular flexibility index (Phi) is 6.62. The van der Waals surface area contributed by atoms with Crippen LogP contribution in [0.5, 0.6) is 0 Å². The van der Waals surface area contributed by atoms with Gasteiger partial charge in [-0.3, -0.25) is 4.57 Å². The van der Waals surface area contributed by atoms with Crippen molar-refractivity contribution in [3.05, 3.63) is 164 Å². The summed E-state index contributed by atoms with van der Waals surface area (Å²) in [6, 6.07) is 56.3. The summed E-state index contributed by atoms with van der Waals surface area (Å²) in [6.45, 7) is 0. The zero-order valence-electron chi connectivity index (χ0n) is 28.1. The van der Waals surface area contributed by atoms with E-state index in [2.05, 4.69) is 138 Å². The highest BCUT2D eigenvalue weighted by Gasteiger charge is 2.22. The Morgan fingerprint density at radius 3 is 1.75 bits per heavy atom. The molecule has 4 aromatic heterocycles. The number of rotatable bonds is 5. The first-order chi connectivity index (χ1) is 26.3. The molecule has 0 N–H and O–H groups in total. The standard InChI is InChI=1S/C46H27N5OS/c1-2-12-28(13-3-1)29-24-26-30(27-25-29)43-48-44(50-46(49-43)51-36-19-7-4-14-31(36)32-15-5-8-20-37(32)51)33-16-10-22-39-41(33)42-34(17-11-23-40(42)53-39)45-47-35-18-6-9-21-38(35)52-45/h1-27H. The lowest BCUT2D eigenvalue weighted by atomic mass is 10.0. The Morgan fingerprint density at radius 1 is 0.434 bits per heavy atom. The minimum absolute atomic E-state index is 0.560. The van der Waals surface area contributed by atoms with E-state index < -0.39 is 0 Å². The van der Waals surface area contributed by atoms with Crippen LogP contribution in [-0.4, -0.2) is 24.5 Å². The van der Waals surface area contributed by atoms with Gasteiger partial charge in [-0.05, 0) is 53.6 Å². The minimum Gasteiger partial charge on any atom is -0.436 e. The van der Waals surface area contributed by atoms with Crippen LogP contribution >= 0.6 is 11.3 Å². The fourth-order valence-corrected chi connectivity index (χ4v) is 8.67. The molecule has 7 aromatic carbocycles. The lowest BCUT2D eigenvalue weighted by molar-refractivity contribution is 0.620. The van der Waals surface area contributed by atoms with E-state index in [0.717, 1.165) is 80.9 Å². The molecule has 53 heavy (non-hydrogen) atoms. The molecular weight excluding hydrogens is 671 g/mol. The first-order valence-corrected chi connectivity index (χ1v) is 18.3. The lowest BCUT2D eigenvalue weighted by Crippen LogP contribution is -2.06. The van der Waals surface area contributed by atoms with Crippen LogP contribution < -0.4 is 0 Å².